The number of rotatable bonds is 7. The SMILES string of the molecule is CCN(c1ccccc1)S(=O)(=O)c1ccc(N[C@H](C)c2ccc(F)cc2)[nH+]c1. The summed E-state index contributed by atoms with van der Waals surface area (Å²) in [6, 6.07) is 18.4. The van der Waals surface area contributed by atoms with Gasteiger partial charge in [-0.25, -0.2) is 17.8 Å². The first-order valence-corrected chi connectivity index (χ1v) is 10.5. The van der Waals surface area contributed by atoms with E-state index < -0.39 is 10.0 Å². The molecular formula is C21H23FN3O2S+. The number of H-pyrrole nitrogens is 1. The maximum atomic E-state index is 13.1. The molecule has 0 fully saturated rings. The summed E-state index contributed by atoms with van der Waals surface area (Å²) in [6.07, 6.45) is 1.47. The Morgan fingerprint density at radius 1 is 1.04 bits per heavy atom. The lowest BCUT2D eigenvalue weighted by molar-refractivity contribution is -0.364. The van der Waals surface area contributed by atoms with Gasteiger partial charge in [0.2, 0.25) is 0 Å². The standard InChI is InChI=1S/C21H22FN3O2S/c1-3-25(19-7-5-4-6-8-19)28(26,27)20-13-14-21(23-15-20)24-16(2)17-9-11-18(22)12-10-17/h4-16H,3H2,1-2H3,(H,23,24)/p+1/t16-/m1/s1. The van der Waals surface area contributed by atoms with E-state index in [2.05, 4.69) is 10.3 Å². The lowest BCUT2D eigenvalue weighted by Crippen LogP contribution is -2.31. The van der Waals surface area contributed by atoms with Crippen LogP contribution in [0.3, 0.4) is 0 Å². The summed E-state index contributed by atoms with van der Waals surface area (Å²) in [5.74, 6) is 0.384. The Morgan fingerprint density at radius 3 is 2.29 bits per heavy atom. The quantitative estimate of drug-likeness (QED) is 0.651. The molecule has 0 saturated heterocycles. The van der Waals surface area contributed by atoms with Crippen molar-refractivity contribution in [2.75, 3.05) is 16.2 Å². The molecule has 5 nitrogen and oxygen atoms in total. The van der Waals surface area contributed by atoms with Crippen LogP contribution in [0.15, 0.2) is 77.8 Å². The molecule has 7 heteroatoms. The summed E-state index contributed by atoms with van der Waals surface area (Å²) in [5.41, 5.74) is 1.55. The molecule has 3 rings (SSSR count). The Morgan fingerprint density at radius 2 is 1.71 bits per heavy atom. The molecule has 0 unspecified atom stereocenters. The molecule has 0 aliphatic heterocycles. The molecular weight excluding hydrogens is 377 g/mol. The van der Waals surface area contributed by atoms with Gasteiger partial charge in [-0.3, -0.25) is 9.62 Å². The average molecular weight is 400 g/mol. The lowest BCUT2D eigenvalue weighted by Gasteiger charge is -2.22. The van der Waals surface area contributed by atoms with E-state index in [9.17, 15) is 12.8 Å². The molecule has 0 aliphatic carbocycles. The number of nitrogens with one attached hydrogen (secondary N) is 2. The first kappa shape index (κ1) is 19.8. The van der Waals surface area contributed by atoms with E-state index in [1.54, 1.807) is 43.3 Å². The van der Waals surface area contributed by atoms with E-state index in [4.69, 9.17) is 0 Å². The summed E-state index contributed by atoms with van der Waals surface area (Å²) in [7, 11) is -3.67. The van der Waals surface area contributed by atoms with Crippen molar-refractivity contribution in [1.82, 2.24) is 0 Å². The summed E-state index contributed by atoms with van der Waals surface area (Å²) >= 11 is 0. The van der Waals surface area contributed by atoms with E-state index in [-0.39, 0.29) is 16.8 Å². The van der Waals surface area contributed by atoms with Crippen molar-refractivity contribution in [2.45, 2.75) is 24.8 Å². The molecule has 1 aromatic heterocycles. The van der Waals surface area contributed by atoms with E-state index in [0.717, 1.165) is 5.56 Å². The van der Waals surface area contributed by atoms with Crippen molar-refractivity contribution in [3.05, 3.63) is 84.3 Å². The van der Waals surface area contributed by atoms with Gasteiger partial charge in [0, 0.05) is 12.6 Å². The number of aromatic amines is 1. The van der Waals surface area contributed by atoms with Gasteiger partial charge in [-0.05, 0) is 49.7 Å². The van der Waals surface area contributed by atoms with Gasteiger partial charge in [-0.2, -0.15) is 0 Å². The Hall–Kier alpha value is -2.93. The average Bonchev–Trinajstić information content (AvgIpc) is 2.70. The van der Waals surface area contributed by atoms with E-state index in [1.165, 1.54) is 22.6 Å². The molecule has 1 atom stereocenters. The van der Waals surface area contributed by atoms with Crippen molar-refractivity contribution >= 4 is 21.5 Å². The lowest BCUT2D eigenvalue weighted by atomic mass is 10.1. The smallest absolute Gasteiger partial charge is 0.268 e. The number of anilines is 2. The molecule has 0 radical (unpaired) electrons. The second-order valence-corrected chi connectivity index (χ2v) is 8.22. The van der Waals surface area contributed by atoms with Crippen LogP contribution in [0.25, 0.3) is 0 Å². The van der Waals surface area contributed by atoms with Gasteiger partial charge in [0.15, 0.2) is 0 Å². The van der Waals surface area contributed by atoms with Crippen LogP contribution in [0.4, 0.5) is 15.9 Å². The van der Waals surface area contributed by atoms with Crippen molar-refractivity contribution in [1.29, 1.82) is 0 Å². The maximum Gasteiger partial charge on any atom is 0.272 e. The summed E-state index contributed by atoms with van der Waals surface area (Å²) in [6.45, 7) is 4.07. The third-order valence-electron chi connectivity index (χ3n) is 4.45. The number of benzene rings is 2. The van der Waals surface area contributed by atoms with E-state index >= 15 is 0 Å². The van der Waals surface area contributed by atoms with Crippen molar-refractivity contribution in [3.8, 4) is 0 Å². The van der Waals surface area contributed by atoms with Crippen molar-refractivity contribution in [2.24, 2.45) is 0 Å². The first-order chi connectivity index (χ1) is 13.4. The highest BCUT2D eigenvalue weighted by molar-refractivity contribution is 7.92. The fourth-order valence-electron chi connectivity index (χ4n) is 2.94. The minimum atomic E-state index is -3.67. The Labute approximate surface area is 164 Å². The third-order valence-corrected chi connectivity index (χ3v) is 6.34. The predicted octanol–water partition coefficient (Wildman–Crippen LogP) is 4.03. The normalized spacial score (nSPS) is 12.4. The molecule has 2 N–H and O–H groups in total. The van der Waals surface area contributed by atoms with Crippen LogP contribution in [0.2, 0.25) is 0 Å². The highest BCUT2D eigenvalue weighted by Gasteiger charge is 2.25. The number of hydrogen-bond acceptors (Lipinski definition) is 3. The molecule has 3 aromatic rings. The summed E-state index contributed by atoms with van der Waals surface area (Å²) in [4.78, 5) is 3.17. The molecule has 0 saturated carbocycles. The Kier molecular flexibility index (Phi) is 5.94. The highest BCUT2D eigenvalue weighted by Crippen LogP contribution is 2.23. The number of hydrogen-bond donors (Lipinski definition) is 1. The van der Waals surface area contributed by atoms with E-state index in [1.807, 2.05) is 25.1 Å². The summed E-state index contributed by atoms with van der Waals surface area (Å²) < 4.78 is 40.4. The van der Waals surface area contributed by atoms with Crippen LogP contribution in [0.5, 0.6) is 0 Å². The van der Waals surface area contributed by atoms with Crippen LogP contribution >= 0.6 is 0 Å². The molecule has 28 heavy (non-hydrogen) atoms. The molecule has 0 bridgehead atoms. The van der Waals surface area contributed by atoms with Crippen LogP contribution in [-0.4, -0.2) is 15.0 Å². The van der Waals surface area contributed by atoms with E-state index in [0.29, 0.717) is 18.1 Å². The van der Waals surface area contributed by atoms with Gasteiger partial charge >= 0.3 is 0 Å². The first-order valence-electron chi connectivity index (χ1n) is 9.03. The molecule has 146 valence electrons. The minimum absolute atomic E-state index is 0.0734. The second kappa shape index (κ2) is 8.39. The van der Waals surface area contributed by atoms with Gasteiger partial charge in [0.05, 0.1) is 5.69 Å². The van der Waals surface area contributed by atoms with Crippen LogP contribution in [0, 0.1) is 5.82 Å². The van der Waals surface area contributed by atoms with Crippen molar-refractivity contribution < 1.29 is 17.8 Å². The van der Waals surface area contributed by atoms with Crippen molar-refractivity contribution in [3.63, 3.8) is 0 Å². The van der Waals surface area contributed by atoms with Crippen LogP contribution in [-0.2, 0) is 10.0 Å². The van der Waals surface area contributed by atoms with Gasteiger partial charge in [0.25, 0.3) is 15.8 Å². The maximum absolute atomic E-state index is 13.1. The highest BCUT2D eigenvalue weighted by atomic mass is 32.2. The summed E-state index contributed by atoms with van der Waals surface area (Å²) in [5, 5.41) is 3.24. The molecule has 0 spiro atoms. The number of aromatic nitrogens is 1. The molecule has 2 aromatic carbocycles. The van der Waals surface area contributed by atoms with Gasteiger partial charge in [-0.1, -0.05) is 30.3 Å². The Bertz CT molecular complexity index is 1010. The number of para-hydroxylation sites is 1. The zero-order chi connectivity index (χ0) is 20.1. The third kappa shape index (κ3) is 4.31. The zero-order valence-electron chi connectivity index (χ0n) is 15.8. The second-order valence-electron chi connectivity index (χ2n) is 6.36. The predicted molar refractivity (Wildman–Crippen MR) is 108 cm³/mol. The fourth-order valence-corrected chi connectivity index (χ4v) is 4.38. The zero-order valence-corrected chi connectivity index (χ0v) is 16.6. The van der Waals surface area contributed by atoms with Gasteiger partial charge in [-0.15, -0.1) is 0 Å². The monoisotopic (exact) mass is 400 g/mol. The molecule has 0 aliphatic rings. The van der Waals surface area contributed by atoms with Gasteiger partial charge in [0.1, 0.15) is 23.0 Å². The van der Waals surface area contributed by atoms with Crippen LogP contribution in [0.1, 0.15) is 25.5 Å². The number of pyridine rings is 1. The van der Waals surface area contributed by atoms with Crippen LogP contribution < -0.4 is 14.6 Å². The topological polar surface area (TPSA) is 63.6 Å². The largest absolute Gasteiger partial charge is 0.272 e. The minimum Gasteiger partial charge on any atom is -0.268 e. The number of sulfonamides is 1. The molecule has 1 heterocycles. The number of halogens is 1. The number of nitrogens with zero attached hydrogens (tertiary/aromatic N) is 1. The van der Waals surface area contributed by atoms with Gasteiger partial charge < -0.3 is 0 Å². The molecule has 0 amide bonds. The Balaban J connectivity index is 1.78. The fraction of sp³-hybridized carbons (Fsp3) is 0.190.